The van der Waals surface area contributed by atoms with Gasteiger partial charge >= 0.3 is 0 Å². The van der Waals surface area contributed by atoms with Crippen molar-refractivity contribution in [2.75, 3.05) is 13.2 Å². The van der Waals surface area contributed by atoms with E-state index in [1.54, 1.807) is 0 Å². The lowest BCUT2D eigenvalue weighted by Crippen LogP contribution is -2.29. The molecule has 1 atom stereocenters. The molecule has 0 aromatic heterocycles. The number of nitrogens with two attached hydrogens (primary N) is 1. The van der Waals surface area contributed by atoms with Crippen molar-refractivity contribution in [1.82, 2.24) is 5.43 Å². The fraction of sp³-hybridized carbons (Fsp3) is 0.929. The number of carbonyl (C=O) groups is 1. The van der Waals surface area contributed by atoms with Crippen LogP contribution in [0.15, 0.2) is 0 Å². The molecule has 4 nitrogen and oxygen atoms in total. The van der Waals surface area contributed by atoms with E-state index in [4.69, 9.17) is 10.6 Å². The van der Waals surface area contributed by atoms with Crippen LogP contribution in [-0.2, 0) is 9.53 Å². The van der Waals surface area contributed by atoms with E-state index in [9.17, 15) is 4.79 Å². The van der Waals surface area contributed by atoms with E-state index in [1.807, 2.05) is 0 Å². The third kappa shape index (κ3) is 10.5. The van der Waals surface area contributed by atoms with Crippen molar-refractivity contribution in [3.8, 4) is 0 Å². The molecule has 0 aromatic rings. The Kier molecular flexibility index (Phi) is 12.4. The van der Waals surface area contributed by atoms with E-state index in [0.29, 0.717) is 12.3 Å². The van der Waals surface area contributed by atoms with Crippen molar-refractivity contribution >= 4 is 5.91 Å². The molecule has 18 heavy (non-hydrogen) atoms. The van der Waals surface area contributed by atoms with Crippen molar-refractivity contribution in [2.24, 2.45) is 11.8 Å². The summed E-state index contributed by atoms with van der Waals surface area (Å²) in [6.45, 7) is 6.16. The predicted octanol–water partition coefficient (Wildman–Crippen LogP) is 2.77. The van der Waals surface area contributed by atoms with Crippen LogP contribution in [0, 0.1) is 5.92 Å². The molecule has 0 aliphatic carbocycles. The van der Waals surface area contributed by atoms with Crippen LogP contribution >= 0.6 is 0 Å². The molecule has 0 spiro atoms. The van der Waals surface area contributed by atoms with Crippen LogP contribution < -0.4 is 11.3 Å². The van der Waals surface area contributed by atoms with Crippen molar-refractivity contribution in [1.29, 1.82) is 0 Å². The lowest BCUT2D eigenvalue weighted by molar-refractivity contribution is -0.121. The van der Waals surface area contributed by atoms with Gasteiger partial charge in [0, 0.05) is 19.6 Å². The van der Waals surface area contributed by atoms with E-state index in [-0.39, 0.29) is 5.91 Å². The maximum Gasteiger partial charge on any atom is 0.233 e. The van der Waals surface area contributed by atoms with Gasteiger partial charge in [0.05, 0.1) is 0 Å². The zero-order valence-electron chi connectivity index (χ0n) is 12.0. The molecule has 0 aromatic carbocycles. The van der Waals surface area contributed by atoms with E-state index in [0.717, 1.165) is 32.5 Å². The Balaban J connectivity index is 3.30. The number of hydrogen-bond donors (Lipinski definition) is 2. The van der Waals surface area contributed by atoms with Crippen LogP contribution in [0.3, 0.4) is 0 Å². The van der Waals surface area contributed by atoms with E-state index < -0.39 is 0 Å². The summed E-state index contributed by atoms with van der Waals surface area (Å²) >= 11 is 0. The highest BCUT2D eigenvalue weighted by Crippen LogP contribution is 2.13. The molecule has 0 heterocycles. The van der Waals surface area contributed by atoms with Crippen LogP contribution in [0.1, 0.15) is 65.2 Å². The number of nitrogens with one attached hydrogen (secondary N) is 1. The van der Waals surface area contributed by atoms with Gasteiger partial charge in [-0.3, -0.25) is 10.2 Å². The van der Waals surface area contributed by atoms with Crippen molar-refractivity contribution in [2.45, 2.75) is 65.2 Å². The minimum atomic E-state index is -0.0819. The molecule has 0 radical (unpaired) electrons. The Labute approximate surface area is 112 Å². The maximum atomic E-state index is 10.9. The summed E-state index contributed by atoms with van der Waals surface area (Å²) in [7, 11) is 0. The molecule has 0 saturated carbocycles. The molecular formula is C14H30N2O2. The number of amides is 1. The number of unbranched alkanes of at least 4 members (excludes halogenated alkanes) is 3. The van der Waals surface area contributed by atoms with Gasteiger partial charge in [-0.1, -0.05) is 39.5 Å². The lowest BCUT2D eigenvalue weighted by Gasteiger charge is -2.14. The Bertz CT molecular complexity index is 198. The topological polar surface area (TPSA) is 64.3 Å². The van der Waals surface area contributed by atoms with Gasteiger partial charge in [0.15, 0.2) is 0 Å². The molecular weight excluding hydrogens is 228 g/mol. The summed E-state index contributed by atoms with van der Waals surface area (Å²) in [5.74, 6) is 5.63. The van der Waals surface area contributed by atoms with Gasteiger partial charge in [0.2, 0.25) is 5.91 Å². The first-order chi connectivity index (χ1) is 8.74. The first-order valence-electron chi connectivity index (χ1n) is 7.31. The maximum absolute atomic E-state index is 10.9. The quantitative estimate of drug-likeness (QED) is 0.245. The average Bonchev–Trinajstić information content (AvgIpc) is 2.40. The summed E-state index contributed by atoms with van der Waals surface area (Å²) < 4.78 is 5.69. The SMILES string of the molecule is CCCCC(CC)COCCCCCC(=O)NN. The fourth-order valence-corrected chi connectivity index (χ4v) is 1.89. The molecule has 4 heteroatoms. The van der Waals surface area contributed by atoms with Gasteiger partial charge in [-0.15, -0.1) is 0 Å². The van der Waals surface area contributed by atoms with Crippen molar-refractivity contribution in [3.05, 3.63) is 0 Å². The minimum Gasteiger partial charge on any atom is -0.381 e. The Morgan fingerprint density at radius 3 is 2.61 bits per heavy atom. The summed E-state index contributed by atoms with van der Waals surface area (Å²) in [5, 5.41) is 0. The van der Waals surface area contributed by atoms with E-state index in [1.165, 1.54) is 25.7 Å². The Morgan fingerprint density at radius 1 is 1.22 bits per heavy atom. The monoisotopic (exact) mass is 258 g/mol. The zero-order valence-corrected chi connectivity index (χ0v) is 12.0. The molecule has 0 aliphatic heterocycles. The summed E-state index contributed by atoms with van der Waals surface area (Å²) in [6.07, 6.45) is 8.52. The lowest BCUT2D eigenvalue weighted by atomic mass is 10.0. The normalized spacial score (nSPS) is 12.4. The van der Waals surface area contributed by atoms with Gasteiger partial charge in [0.1, 0.15) is 0 Å². The Hall–Kier alpha value is -0.610. The number of hydrazine groups is 1. The fourth-order valence-electron chi connectivity index (χ4n) is 1.89. The number of carbonyl (C=O) groups excluding carboxylic acids is 1. The second-order valence-electron chi connectivity index (χ2n) is 4.87. The highest BCUT2D eigenvalue weighted by Gasteiger charge is 2.05. The standard InChI is InChI=1S/C14H30N2O2/c1-3-5-9-13(4-2)12-18-11-8-6-7-10-14(17)16-15/h13H,3-12,15H2,1-2H3,(H,16,17). The molecule has 3 N–H and O–H groups in total. The van der Waals surface area contributed by atoms with Gasteiger partial charge in [-0.25, -0.2) is 5.84 Å². The van der Waals surface area contributed by atoms with Crippen LogP contribution in [0.25, 0.3) is 0 Å². The number of hydrogen-bond acceptors (Lipinski definition) is 3. The second kappa shape index (κ2) is 12.8. The smallest absolute Gasteiger partial charge is 0.233 e. The van der Waals surface area contributed by atoms with Crippen LogP contribution in [0.4, 0.5) is 0 Å². The summed E-state index contributed by atoms with van der Waals surface area (Å²) in [6, 6.07) is 0. The van der Waals surface area contributed by atoms with Gasteiger partial charge < -0.3 is 4.74 Å². The highest BCUT2D eigenvalue weighted by atomic mass is 16.5. The summed E-state index contributed by atoms with van der Waals surface area (Å²) in [4.78, 5) is 10.9. The van der Waals surface area contributed by atoms with Crippen LogP contribution in [0.5, 0.6) is 0 Å². The van der Waals surface area contributed by atoms with Crippen LogP contribution in [-0.4, -0.2) is 19.1 Å². The second-order valence-corrected chi connectivity index (χ2v) is 4.87. The molecule has 1 unspecified atom stereocenters. The van der Waals surface area contributed by atoms with E-state index >= 15 is 0 Å². The number of rotatable bonds is 12. The molecule has 108 valence electrons. The van der Waals surface area contributed by atoms with Gasteiger partial charge in [-0.05, 0) is 25.2 Å². The number of ether oxygens (including phenoxy) is 1. The minimum absolute atomic E-state index is 0.0819. The molecule has 1 amide bonds. The van der Waals surface area contributed by atoms with Crippen molar-refractivity contribution < 1.29 is 9.53 Å². The first kappa shape index (κ1) is 17.4. The zero-order chi connectivity index (χ0) is 13.6. The average molecular weight is 258 g/mol. The Morgan fingerprint density at radius 2 is 2.00 bits per heavy atom. The third-order valence-corrected chi connectivity index (χ3v) is 3.25. The van der Waals surface area contributed by atoms with E-state index in [2.05, 4.69) is 19.3 Å². The van der Waals surface area contributed by atoms with Crippen molar-refractivity contribution in [3.63, 3.8) is 0 Å². The third-order valence-electron chi connectivity index (χ3n) is 3.25. The first-order valence-corrected chi connectivity index (χ1v) is 7.31. The predicted molar refractivity (Wildman–Crippen MR) is 74.9 cm³/mol. The van der Waals surface area contributed by atoms with Gasteiger partial charge in [-0.2, -0.15) is 0 Å². The molecule has 0 saturated heterocycles. The highest BCUT2D eigenvalue weighted by molar-refractivity contribution is 5.74. The molecule has 0 aliphatic rings. The summed E-state index contributed by atoms with van der Waals surface area (Å²) in [5.41, 5.74) is 2.14. The molecule has 0 rings (SSSR count). The molecule has 0 fully saturated rings. The van der Waals surface area contributed by atoms with Crippen LogP contribution in [0.2, 0.25) is 0 Å². The largest absolute Gasteiger partial charge is 0.381 e. The van der Waals surface area contributed by atoms with Gasteiger partial charge in [0.25, 0.3) is 0 Å². The molecule has 0 bridgehead atoms.